The SMILES string of the molecule is O=C(Cc1ccn(-c2ccc(F)cc2)n1)NCC1(O)CCOCC1. The molecule has 0 spiro atoms. The van der Waals surface area contributed by atoms with Gasteiger partial charge in [-0.3, -0.25) is 4.79 Å². The van der Waals surface area contributed by atoms with Gasteiger partial charge in [-0.1, -0.05) is 0 Å². The van der Waals surface area contributed by atoms with Gasteiger partial charge in [0.05, 0.1) is 23.4 Å². The van der Waals surface area contributed by atoms with Gasteiger partial charge in [0.1, 0.15) is 5.82 Å². The quantitative estimate of drug-likeness (QED) is 0.862. The normalized spacial score (nSPS) is 16.8. The third-order valence-corrected chi connectivity index (χ3v) is 4.12. The average molecular weight is 333 g/mol. The summed E-state index contributed by atoms with van der Waals surface area (Å²) in [5, 5.41) is 17.4. The molecule has 0 aliphatic carbocycles. The maximum atomic E-state index is 12.9. The van der Waals surface area contributed by atoms with Crippen molar-refractivity contribution in [3.63, 3.8) is 0 Å². The van der Waals surface area contributed by atoms with Gasteiger partial charge in [-0.15, -0.1) is 0 Å². The molecule has 7 heteroatoms. The summed E-state index contributed by atoms with van der Waals surface area (Å²) in [6.45, 7) is 1.23. The van der Waals surface area contributed by atoms with Crippen LogP contribution in [0.4, 0.5) is 4.39 Å². The van der Waals surface area contributed by atoms with Crippen molar-refractivity contribution in [2.75, 3.05) is 19.8 Å². The summed E-state index contributed by atoms with van der Waals surface area (Å²) in [4.78, 5) is 12.0. The molecule has 6 nitrogen and oxygen atoms in total. The highest BCUT2D eigenvalue weighted by atomic mass is 19.1. The summed E-state index contributed by atoms with van der Waals surface area (Å²) in [7, 11) is 0. The summed E-state index contributed by atoms with van der Waals surface area (Å²) >= 11 is 0. The minimum Gasteiger partial charge on any atom is -0.388 e. The van der Waals surface area contributed by atoms with Gasteiger partial charge in [0.15, 0.2) is 0 Å². The molecule has 1 amide bonds. The van der Waals surface area contributed by atoms with Crippen molar-refractivity contribution in [1.82, 2.24) is 15.1 Å². The number of ether oxygens (including phenoxy) is 1. The van der Waals surface area contributed by atoms with Crippen molar-refractivity contribution >= 4 is 5.91 Å². The fraction of sp³-hybridized carbons (Fsp3) is 0.412. The van der Waals surface area contributed by atoms with Crippen LogP contribution < -0.4 is 5.32 Å². The Hall–Kier alpha value is -2.25. The van der Waals surface area contributed by atoms with Gasteiger partial charge in [-0.25, -0.2) is 9.07 Å². The molecule has 1 saturated heterocycles. The standard InChI is InChI=1S/C17H20FN3O3/c18-13-1-3-15(4-2-13)21-8-5-14(20-21)11-16(22)19-12-17(23)6-9-24-10-7-17/h1-5,8,23H,6-7,9-12H2,(H,19,22). The van der Waals surface area contributed by atoms with Crippen molar-refractivity contribution in [3.05, 3.63) is 48.0 Å². The number of benzene rings is 1. The van der Waals surface area contributed by atoms with E-state index in [0.717, 1.165) is 5.69 Å². The Bertz CT molecular complexity index is 693. The van der Waals surface area contributed by atoms with Crippen LogP contribution in [0.1, 0.15) is 18.5 Å². The third kappa shape index (κ3) is 4.18. The highest BCUT2D eigenvalue weighted by molar-refractivity contribution is 5.78. The van der Waals surface area contributed by atoms with Crippen LogP contribution in [0.5, 0.6) is 0 Å². The zero-order chi connectivity index (χ0) is 17.0. The first kappa shape index (κ1) is 16.6. The summed E-state index contributed by atoms with van der Waals surface area (Å²) < 4.78 is 19.7. The Labute approximate surface area is 139 Å². The second-order valence-corrected chi connectivity index (χ2v) is 6.02. The molecule has 1 aliphatic rings. The molecule has 1 aromatic heterocycles. The molecule has 0 atom stereocenters. The van der Waals surface area contributed by atoms with E-state index in [1.54, 1.807) is 29.1 Å². The Morgan fingerprint density at radius 1 is 1.29 bits per heavy atom. The van der Waals surface area contributed by atoms with E-state index in [1.807, 2.05) is 0 Å². The number of aromatic nitrogens is 2. The van der Waals surface area contributed by atoms with Crippen LogP contribution in [-0.2, 0) is 16.0 Å². The number of carbonyl (C=O) groups excluding carboxylic acids is 1. The molecule has 2 N–H and O–H groups in total. The van der Waals surface area contributed by atoms with Gasteiger partial charge in [0, 0.05) is 38.8 Å². The van der Waals surface area contributed by atoms with Gasteiger partial charge in [-0.2, -0.15) is 5.10 Å². The topological polar surface area (TPSA) is 76.4 Å². The highest BCUT2D eigenvalue weighted by Gasteiger charge is 2.30. The first-order valence-corrected chi connectivity index (χ1v) is 7.91. The molecular weight excluding hydrogens is 313 g/mol. The van der Waals surface area contributed by atoms with E-state index >= 15 is 0 Å². The first-order chi connectivity index (χ1) is 11.5. The van der Waals surface area contributed by atoms with Crippen LogP contribution in [-0.4, -0.2) is 46.2 Å². The van der Waals surface area contributed by atoms with Crippen molar-refractivity contribution in [2.24, 2.45) is 0 Å². The molecule has 2 aromatic rings. The lowest BCUT2D eigenvalue weighted by molar-refractivity contribution is -0.123. The van der Waals surface area contributed by atoms with Crippen molar-refractivity contribution in [2.45, 2.75) is 24.9 Å². The van der Waals surface area contributed by atoms with Crippen molar-refractivity contribution in [3.8, 4) is 5.69 Å². The van der Waals surface area contributed by atoms with Crippen molar-refractivity contribution < 1.29 is 19.0 Å². The molecule has 24 heavy (non-hydrogen) atoms. The Morgan fingerprint density at radius 3 is 2.71 bits per heavy atom. The number of hydrogen-bond acceptors (Lipinski definition) is 4. The largest absolute Gasteiger partial charge is 0.388 e. The molecule has 3 rings (SSSR count). The average Bonchev–Trinajstić information content (AvgIpc) is 3.03. The number of aliphatic hydroxyl groups is 1. The van der Waals surface area contributed by atoms with E-state index < -0.39 is 5.60 Å². The molecule has 0 bridgehead atoms. The Kier molecular flexibility index (Phi) is 4.92. The number of nitrogens with zero attached hydrogens (tertiary/aromatic N) is 2. The van der Waals surface area contributed by atoms with E-state index in [1.165, 1.54) is 12.1 Å². The summed E-state index contributed by atoms with van der Waals surface area (Å²) in [6, 6.07) is 7.70. The Morgan fingerprint density at radius 2 is 2.00 bits per heavy atom. The molecular formula is C17H20FN3O3. The van der Waals surface area contributed by atoms with Gasteiger partial charge < -0.3 is 15.2 Å². The number of rotatable bonds is 5. The van der Waals surface area contributed by atoms with Gasteiger partial charge in [0.25, 0.3) is 0 Å². The number of carbonyl (C=O) groups is 1. The predicted octanol–water partition coefficient (Wildman–Crippen LogP) is 1.21. The number of nitrogens with one attached hydrogen (secondary N) is 1. The van der Waals surface area contributed by atoms with E-state index in [4.69, 9.17) is 4.74 Å². The third-order valence-electron chi connectivity index (χ3n) is 4.12. The lowest BCUT2D eigenvalue weighted by Gasteiger charge is -2.32. The van der Waals surface area contributed by atoms with Gasteiger partial charge in [-0.05, 0) is 30.3 Å². The fourth-order valence-corrected chi connectivity index (χ4v) is 2.61. The number of halogens is 1. The van der Waals surface area contributed by atoms with Crippen molar-refractivity contribution in [1.29, 1.82) is 0 Å². The molecule has 1 aliphatic heterocycles. The van der Waals surface area contributed by atoms with Gasteiger partial charge >= 0.3 is 0 Å². The summed E-state index contributed by atoms with van der Waals surface area (Å²) in [6.07, 6.45) is 2.89. The number of hydrogen-bond donors (Lipinski definition) is 2. The first-order valence-electron chi connectivity index (χ1n) is 7.91. The molecule has 1 aromatic carbocycles. The molecule has 0 saturated carbocycles. The minimum absolute atomic E-state index is 0.126. The maximum absolute atomic E-state index is 12.9. The molecule has 2 heterocycles. The highest BCUT2D eigenvalue weighted by Crippen LogP contribution is 2.19. The molecule has 1 fully saturated rings. The van der Waals surface area contributed by atoms with Crippen LogP contribution in [0, 0.1) is 5.82 Å². The van der Waals surface area contributed by atoms with Crippen LogP contribution >= 0.6 is 0 Å². The second-order valence-electron chi connectivity index (χ2n) is 6.02. The monoisotopic (exact) mass is 333 g/mol. The molecule has 0 unspecified atom stereocenters. The number of amides is 1. The van der Waals surface area contributed by atoms with E-state index in [-0.39, 0.29) is 24.7 Å². The van der Waals surface area contributed by atoms with E-state index in [2.05, 4.69) is 10.4 Å². The lowest BCUT2D eigenvalue weighted by Crippen LogP contribution is -2.47. The van der Waals surface area contributed by atoms with E-state index in [9.17, 15) is 14.3 Å². The predicted molar refractivity (Wildman–Crippen MR) is 85.2 cm³/mol. The fourth-order valence-electron chi connectivity index (χ4n) is 2.61. The van der Waals surface area contributed by atoms with Crippen LogP contribution in [0.25, 0.3) is 5.69 Å². The van der Waals surface area contributed by atoms with Crippen LogP contribution in [0.15, 0.2) is 36.5 Å². The molecule has 128 valence electrons. The molecule has 0 radical (unpaired) electrons. The zero-order valence-electron chi connectivity index (χ0n) is 13.2. The summed E-state index contributed by atoms with van der Waals surface area (Å²) in [5.41, 5.74) is 0.442. The lowest BCUT2D eigenvalue weighted by atomic mass is 9.94. The van der Waals surface area contributed by atoms with Gasteiger partial charge in [0.2, 0.25) is 5.91 Å². The minimum atomic E-state index is -0.888. The van der Waals surface area contributed by atoms with E-state index in [0.29, 0.717) is 31.7 Å². The van der Waals surface area contributed by atoms with Crippen LogP contribution in [0.3, 0.4) is 0 Å². The summed E-state index contributed by atoms with van der Waals surface area (Å²) in [5.74, 6) is -0.504. The smallest absolute Gasteiger partial charge is 0.226 e. The second kappa shape index (κ2) is 7.11. The maximum Gasteiger partial charge on any atom is 0.226 e. The zero-order valence-corrected chi connectivity index (χ0v) is 13.2. The Balaban J connectivity index is 1.54. The van der Waals surface area contributed by atoms with Crippen LogP contribution in [0.2, 0.25) is 0 Å².